The molecule has 4 atom stereocenters. The molecule has 2 aromatic rings. The van der Waals surface area contributed by atoms with Gasteiger partial charge in [0.1, 0.15) is 36.3 Å². The van der Waals surface area contributed by atoms with Gasteiger partial charge in [-0.2, -0.15) is 0 Å². The van der Waals surface area contributed by atoms with E-state index in [-0.39, 0.29) is 40.7 Å². The van der Waals surface area contributed by atoms with Crippen molar-refractivity contribution in [2.45, 2.75) is 63.6 Å². The minimum Gasteiger partial charge on any atom is -0.342 e. The number of hydrogen-bond acceptors (Lipinski definition) is 9. The van der Waals surface area contributed by atoms with Gasteiger partial charge in [0.15, 0.2) is 5.69 Å². The zero-order chi connectivity index (χ0) is 33.1. The molecule has 1 aromatic carbocycles. The molecule has 0 unspecified atom stereocenters. The van der Waals surface area contributed by atoms with E-state index in [0.717, 1.165) is 25.7 Å². The van der Waals surface area contributed by atoms with Crippen LogP contribution in [0.3, 0.4) is 0 Å². The van der Waals surface area contributed by atoms with Gasteiger partial charge in [-0.3, -0.25) is 19.2 Å². The summed E-state index contributed by atoms with van der Waals surface area (Å²) in [7, 11) is 1.94. The van der Waals surface area contributed by atoms with Crippen LogP contribution < -0.4 is 21.7 Å². The second-order valence-corrected chi connectivity index (χ2v) is 12.8. The Labute approximate surface area is 265 Å². The second-order valence-electron chi connectivity index (χ2n) is 12.8. The third-order valence-corrected chi connectivity index (χ3v) is 9.31. The number of aryl methyl sites for hydroxylation is 1. The zero-order valence-corrected chi connectivity index (χ0v) is 26.3. The van der Waals surface area contributed by atoms with E-state index in [4.69, 9.17) is 5.73 Å². The number of nitrogens with zero attached hydrogens (tertiary/aromatic N) is 4. The van der Waals surface area contributed by atoms with Gasteiger partial charge in [0.05, 0.1) is 5.69 Å². The monoisotopic (exact) mass is 644 g/mol. The van der Waals surface area contributed by atoms with Crippen molar-refractivity contribution in [2.75, 3.05) is 45.2 Å². The Morgan fingerprint density at radius 3 is 2.20 bits per heavy atom. The maximum atomic E-state index is 15.6. The first-order valence-corrected chi connectivity index (χ1v) is 15.8. The minimum absolute atomic E-state index is 0.0205. The highest BCUT2D eigenvalue weighted by molar-refractivity contribution is 6.01. The lowest BCUT2D eigenvalue weighted by molar-refractivity contribution is -0.138. The van der Waals surface area contributed by atoms with Gasteiger partial charge >= 0.3 is 0 Å². The van der Waals surface area contributed by atoms with Gasteiger partial charge in [-0.1, -0.05) is 18.1 Å². The molecule has 46 heavy (non-hydrogen) atoms. The standard InChI is InChI=1S/C31H42F2N8O5/c1-16(25(36-28(42)22(34)15-32)31(45)41-12-10-40(3)11-13-41)20-8-9-23(21(33)14-20)35-30(44)27(24(18-4-5-18)19-6-7-19)37-29(43)26-17(2)38-46-39-26/h8-9,14,16,18-19,22,24-25,27H,4-7,10-13,15,34H2,1-3H3,(H,35,44)(H,36,42)(H,37,43)/t16-,22-,25+,27-/m0/s1. The summed E-state index contributed by atoms with van der Waals surface area (Å²) < 4.78 is 33.5. The molecule has 2 aliphatic carbocycles. The number of nitrogens with two attached hydrogens (primary N) is 1. The van der Waals surface area contributed by atoms with Gasteiger partial charge in [-0.25, -0.2) is 13.4 Å². The number of hydrogen-bond donors (Lipinski definition) is 4. The number of piperazine rings is 1. The topological polar surface area (TPSA) is 176 Å². The molecule has 3 fully saturated rings. The number of carbonyl (C=O) groups is 4. The Balaban J connectivity index is 1.34. The highest BCUT2D eigenvalue weighted by Gasteiger charge is 2.48. The van der Waals surface area contributed by atoms with E-state index >= 15 is 4.39 Å². The van der Waals surface area contributed by atoms with Crippen molar-refractivity contribution >= 4 is 29.3 Å². The molecule has 2 heterocycles. The van der Waals surface area contributed by atoms with Gasteiger partial charge in [0.2, 0.25) is 17.7 Å². The molecule has 250 valence electrons. The number of alkyl halides is 1. The lowest BCUT2D eigenvalue weighted by atomic mass is 9.88. The van der Waals surface area contributed by atoms with Crippen molar-refractivity contribution in [2.24, 2.45) is 23.5 Å². The molecule has 4 amide bonds. The van der Waals surface area contributed by atoms with Crippen LogP contribution in [0.1, 0.15) is 60.3 Å². The van der Waals surface area contributed by atoms with Gasteiger partial charge < -0.3 is 31.5 Å². The number of likely N-dealkylation sites (N-methyl/N-ethyl adjacent to an activating group) is 1. The summed E-state index contributed by atoms with van der Waals surface area (Å²) in [6.07, 6.45) is 3.81. The number of benzene rings is 1. The van der Waals surface area contributed by atoms with Crippen LogP contribution in [-0.2, 0) is 14.4 Å². The summed E-state index contributed by atoms with van der Waals surface area (Å²) in [5.41, 5.74) is 6.13. The quantitative estimate of drug-likeness (QED) is 0.251. The van der Waals surface area contributed by atoms with E-state index in [1.165, 1.54) is 12.1 Å². The third-order valence-electron chi connectivity index (χ3n) is 9.31. The number of aromatic nitrogens is 2. The van der Waals surface area contributed by atoms with Crippen LogP contribution in [0.2, 0.25) is 0 Å². The summed E-state index contributed by atoms with van der Waals surface area (Å²) >= 11 is 0. The Morgan fingerprint density at radius 2 is 1.65 bits per heavy atom. The Kier molecular flexibility index (Phi) is 10.3. The van der Waals surface area contributed by atoms with E-state index < -0.39 is 54.3 Å². The molecule has 5 rings (SSSR count). The Morgan fingerprint density at radius 1 is 1.00 bits per heavy atom. The maximum absolute atomic E-state index is 15.6. The molecule has 0 spiro atoms. The van der Waals surface area contributed by atoms with Gasteiger partial charge in [-0.15, -0.1) is 0 Å². The average molecular weight is 645 g/mol. The molecular formula is C31H42F2N8O5. The van der Waals surface area contributed by atoms with Crippen molar-refractivity contribution < 1.29 is 32.6 Å². The number of nitrogens with one attached hydrogen (secondary N) is 3. The highest BCUT2D eigenvalue weighted by atomic mass is 19.1. The second kappa shape index (κ2) is 14.2. The maximum Gasteiger partial charge on any atom is 0.276 e. The number of carbonyl (C=O) groups excluding carboxylic acids is 4. The van der Waals surface area contributed by atoms with Crippen molar-refractivity contribution in [3.8, 4) is 0 Å². The zero-order valence-electron chi connectivity index (χ0n) is 26.3. The molecule has 1 aliphatic heterocycles. The molecule has 0 bridgehead atoms. The van der Waals surface area contributed by atoms with Gasteiger partial charge in [-0.05, 0) is 80.3 Å². The lowest BCUT2D eigenvalue weighted by Gasteiger charge is -2.36. The van der Waals surface area contributed by atoms with Crippen molar-refractivity contribution in [1.82, 2.24) is 30.7 Å². The van der Waals surface area contributed by atoms with E-state index in [0.29, 0.717) is 31.7 Å². The van der Waals surface area contributed by atoms with Crippen molar-refractivity contribution in [1.29, 1.82) is 0 Å². The van der Waals surface area contributed by atoms with E-state index in [1.807, 2.05) is 7.05 Å². The van der Waals surface area contributed by atoms with E-state index in [1.54, 1.807) is 24.8 Å². The first-order chi connectivity index (χ1) is 22.0. The number of anilines is 1. The van der Waals surface area contributed by atoms with Crippen molar-refractivity contribution in [3.63, 3.8) is 0 Å². The van der Waals surface area contributed by atoms with Crippen LogP contribution in [-0.4, -0.2) is 102 Å². The number of amides is 4. The van der Waals surface area contributed by atoms with Crippen molar-refractivity contribution in [3.05, 3.63) is 41.0 Å². The summed E-state index contributed by atoms with van der Waals surface area (Å²) in [5, 5.41) is 15.3. The molecule has 2 saturated carbocycles. The molecule has 1 saturated heterocycles. The fraction of sp³-hybridized carbons (Fsp3) is 0.613. The number of halogens is 2. The summed E-state index contributed by atoms with van der Waals surface area (Å²) in [4.78, 5) is 56.6. The lowest BCUT2D eigenvalue weighted by Crippen LogP contribution is -2.57. The fourth-order valence-electron chi connectivity index (χ4n) is 6.15. The molecule has 13 nitrogen and oxygen atoms in total. The first-order valence-electron chi connectivity index (χ1n) is 15.8. The van der Waals surface area contributed by atoms with Gasteiger partial charge in [0, 0.05) is 32.1 Å². The van der Waals surface area contributed by atoms with E-state index in [2.05, 4.69) is 35.8 Å². The summed E-state index contributed by atoms with van der Waals surface area (Å²) in [6, 6.07) is 0.647. The number of rotatable bonds is 13. The summed E-state index contributed by atoms with van der Waals surface area (Å²) in [5.74, 6) is -3.37. The first kappa shape index (κ1) is 33.4. The molecule has 3 aliphatic rings. The normalized spacial score (nSPS) is 19.7. The van der Waals surface area contributed by atoms with Crippen LogP contribution >= 0.6 is 0 Å². The fourth-order valence-corrected chi connectivity index (χ4v) is 6.15. The predicted octanol–water partition coefficient (Wildman–Crippen LogP) is 1.35. The minimum atomic E-state index is -1.45. The third kappa shape index (κ3) is 7.69. The van der Waals surface area contributed by atoms with Crippen LogP contribution in [0.5, 0.6) is 0 Å². The van der Waals surface area contributed by atoms with Crippen LogP contribution in [0.25, 0.3) is 0 Å². The molecule has 1 aromatic heterocycles. The largest absolute Gasteiger partial charge is 0.342 e. The predicted molar refractivity (Wildman–Crippen MR) is 163 cm³/mol. The Bertz CT molecular complexity index is 1430. The molecule has 5 N–H and O–H groups in total. The Hall–Kier alpha value is -3.98. The molecule has 15 heteroatoms. The van der Waals surface area contributed by atoms with Crippen LogP contribution in [0.4, 0.5) is 14.5 Å². The molecular weight excluding hydrogens is 602 g/mol. The SMILES string of the molecule is Cc1nonc1C(=O)N[C@H](C(=O)Nc1ccc([C@H](C)[C@@H](NC(=O)[C@@H](N)CF)C(=O)N2CCN(C)CC2)cc1F)C(C1CC1)C1CC1. The van der Waals surface area contributed by atoms with Crippen LogP contribution in [0, 0.1) is 30.5 Å². The van der Waals surface area contributed by atoms with Crippen LogP contribution in [0.15, 0.2) is 22.8 Å². The highest BCUT2D eigenvalue weighted by Crippen LogP contribution is 2.51. The molecule has 0 radical (unpaired) electrons. The smallest absolute Gasteiger partial charge is 0.276 e. The average Bonchev–Trinajstić information content (AvgIpc) is 3.99. The summed E-state index contributed by atoms with van der Waals surface area (Å²) in [6.45, 7) is 4.31. The van der Waals surface area contributed by atoms with E-state index in [9.17, 15) is 23.6 Å². The van der Waals surface area contributed by atoms with Gasteiger partial charge in [0.25, 0.3) is 5.91 Å².